The molecule has 0 amide bonds. The van der Waals surface area contributed by atoms with Crippen molar-refractivity contribution in [2.75, 3.05) is 10.8 Å². The van der Waals surface area contributed by atoms with Gasteiger partial charge in [0.2, 0.25) is 10.0 Å². The molecule has 2 aromatic carbocycles. The second kappa shape index (κ2) is 5.70. The van der Waals surface area contributed by atoms with Crippen molar-refractivity contribution >= 4 is 27.3 Å². The van der Waals surface area contributed by atoms with Crippen LogP contribution < -0.4 is 4.31 Å². The van der Waals surface area contributed by atoms with Gasteiger partial charge in [-0.05, 0) is 29.2 Å². The lowest BCUT2D eigenvalue weighted by Gasteiger charge is -2.19. The number of nitrogens with zero attached hydrogens (tertiary/aromatic N) is 1. The first-order valence-corrected chi connectivity index (χ1v) is 8.96. The summed E-state index contributed by atoms with van der Waals surface area (Å²) >= 11 is 5.80. The van der Waals surface area contributed by atoms with Gasteiger partial charge in [0.05, 0.1) is 11.4 Å². The van der Waals surface area contributed by atoms with Crippen molar-refractivity contribution in [3.63, 3.8) is 0 Å². The van der Waals surface area contributed by atoms with Gasteiger partial charge in [-0.3, -0.25) is 4.31 Å². The molecule has 0 spiro atoms. The zero-order valence-electron chi connectivity index (χ0n) is 11.5. The lowest BCUT2D eigenvalue weighted by molar-refractivity contribution is 0.591. The molecule has 110 valence electrons. The van der Waals surface area contributed by atoms with Crippen LogP contribution in [0.5, 0.6) is 0 Å². The number of para-hydroxylation sites is 1. The van der Waals surface area contributed by atoms with Crippen molar-refractivity contribution in [1.29, 1.82) is 0 Å². The first kappa shape index (κ1) is 14.4. The second-order valence-corrected chi connectivity index (χ2v) is 7.32. The van der Waals surface area contributed by atoms with Crippen LogP contribution in [0, 0.1) is 0 Å². The molecule has 3 nitrogen and oxygen atoms in total. The summed E-state index contributed by atoms with van der Waals surface area (Å²) in [4.78, 5) is 0. The maximum Gasteiger partial charge on any atom is 0.239 e. The predicted molar refractivity (Wildman–Crippen MR) is 86.1 cm³/mol. The van der Waals surface area contributed by atoms with E-state index in [-0.39, 0.29) is 5.75 Å². The van der Waals surface area contributed by atoms with E-state index in [9.17, 15) is 8.42 Å². The van der Waals surface area contributed by atoms with Crippen molar-refractivity contribution in [2.45, 2.75) is 18.1 Å². The third-order valence-electron chi connectivity index (χ3n) is 3.68. The highest BCUT2D eigenvalue weighted by Crippen LogP contribution is 2.31. The van der Waals surface area contributed by atoms with Crippen LogP contribution in [0.25, 0.3) is 0 Å². The molecule has 0 N–H and O–H groups in total. The summed E-state index contributed by atoms with van der Waals surface area (Å²) in [7, 11) is -3.36. The standard InChI is InChI=1S/C16H16ClNO2S/c17-11-13-4-3-5-14(10-13)12-21(19,20)18-9-8-15-6-1-2-7-16(15)18/h1-7,10H,8-9,11-12H2. The Morgan fingerprint density at radius 2 is 1.81 bits per heavy atom. The normalized spacial score (nSPS) is 14.2. The maximum atomic E-state index is 12.7. The Morgan fingerprint density at radius 3 is 2.62 bits per heavy atom. The first-order chi connectivity index (χ1) is 10.1. The fourth-order valence-electron chi connectivity index (χ4n) is 2.69. The number of alkyl halides is 1. The highest BCUT2D eigenvalue weighted by Gasteiger charge is 2.29. The molecule has 0 unspecified atom stereocenters. The van der Waals surface area contributed by atoms with E-state index in [4.69, 9.17) is 11.6 Å². The van der Waals surface area contributed by atoms with Crippen molar-refractivity contribution in [2.24, 2.45) is 0 Å². The smallest absolute Gasteiger partial charge is 0.239 e. The molecule has 0 aliphatic carbocycles. The van der Waals surface area contributed by atoms with Gasteiger partial charge in [-0.15, -0.1) is 11.6 Å². The highest BCUT2D eigenvalue weighted by atomic mass is 35.5. The molecule has 1 heterocycles. The zero-order valence-corrected chi connectivity index (χ0v) is 13.1. The molecule has 21 heavy (non-hydrogen) atoms. The van der Waals surface area contributed by atoms with Crippen LogP contribution in [0.1, 0.15) is 16.7 Å². The predicted octanol–water partition coefficient (Wildman–Crippen LogP) is 3.32. The monoisotopic (exact) mass is 321 g/mol. The van der Waals surface area contributed by atoms with Crippen molar-refractivity contribution < 1.29 is 8.42 Å². The van der Waals surface area contributed by atoms with Gasteiger partial charge in [0.25, 0.3) is 0 Å². The number of hydrogen-bond donors (Lipinski definition) is 0. The number of halogens is 1. The molecule has 5 heteroatoms. The van der Waals surface area contributed by atoms with Crippen LogP contribution >= 0.6 is 11.6 Å². The molecule has 1 aliphatic rings. The molecular weight excluding hydrogens is 306 g/mol. The van der Waals surface area contributed by atoms with Gasteiger partial charge in [0.15, 0.2) is 0 Å². The van der Waals surface area contributed by atoms with Gasteiger partial charge < -0.3 is 0 Å². The van der Waals surface area contributed by atoms with Crippen LogP contribution in [-0.4, -0.2) is 15.0 Å². The lowest BCUT2D eigenvalue weighted by Crippen LogP contribution is -2.30. The Balaban J connectivity index is 1.88. The molecule has 0 saturated heterocycles. The number of hydrogen-bond acceptors (Lipinski definition) is 2. The Kier molecular flexibility index (Phi) is 3.91. The van der Waals surface area contributed by atoms with Gasteiger partial charge >= 0.3 is 0 Å². The molecule has 0 aromatic heterocycles. The summed E-state index contributed by atoms with van der Waals surface area (Å²) in [6.45, 7) is 0.525. The number of sulfonamides is 1. The van der Waals surface area contributed by atoms with Gasteiger partial charge in [-0.2, -0.15) is 0 Å². The zero-order chi connectivity index (χ0) is 14.9. The van der Waals surface area contributed by atoms with Crippen molar-refractivity contribution in [1.82, 2.24) is 0 Å². The average molecular weight is 322 g/mol. The molecule has 0 bridgehead atoms. The van der Waals surface area contributed by atoms with E-state index >= 15 is 0 Å². The molecular formula is C16H16ClNO2S. The molecule has 3 rings (SSSR count). The van der Waals surface area contributed by atoms with Crippen molar-refractivity contribution in [3.05, 3.63) is 65.2 Å². The molecule has 0 saturated carbocycles. The Bertz CT molecular complexity index is 758. The summed E-state index contributed by atoms with van der Waals surface area (Å²) in [5, 5.41) is 0. The lowest BCUT2D eigenvalue weighted by atomic mass is 10.2. The van der Waals surface area contributed by atoms with E-state index in [0.29, 0.717) is 12.4 Å². The quantitative estimate of drug-likeness (QED) is 0.810. The summed E-state index contributed by atoms with van der Waals surface area (Å²) in [6.07, 6.45) is 0.775. The molecule has 1 aliphatic heterocycles. The van der Waals surface area contributed by atoms with Crippen molar-refractivity contribution in [3.8, 4) is 0 Å². The highest BCUT2D eigenvalue weighted by molar-refractivity contribution is 7.92. The second-order valence-electron chi connectivity index (χ2n) is 5.16. The van der Waals surface area contributed by atoms with Crippen LogP contribution in [-0.2, 0) is 28.1 Å². The Labute approximate surface area is 130 Å². The van der Waals surface area contributed by atoms with E-state index in [1.165, 1.54) is 4.31 Å². The van der Waals surface area contributed by atoms with Gasteiger partial charge in [0.1, 0.15) is 0 Å². The van der Waals surface area contributed by atoms with Crippen LogP contribution in [0.4, 0.5) is 5.69 Å². The third kappa shape index (κ3) is 2.92. The summed E-state index contributed by atoms with van der Waals surface area (Å²) < 4.78 is 26.8. The summed E-state index contributed by atoms with van der Waals surface area (Å²) in [5.74, 6) is 0.395. The van der Waals surface area contributed by atoms with Crippen LogP contribution in [0.3, 0.4) is 0 Å². The van der Waals surface area contributed by atoms with Gasteiger partial charge in [-0.25, -0.2) is 8.42 Å². The Hall–Kier alpha value is -1.52. The minimum absolute atomic E-state index is 0.00602. The average Bonchev–Trinajstić information content (AvgIpc) is 2.92. The van der Waals surface area contributed by atoms with Gasteiger partial charge in [-0.1, -0.05) is 42.5 Å². The van der Waals surface area contributed by atoms with E-state index in [2.05, 4.69) is 0 Å². The maximum absolute atomic E-state index is 12.7. The number of rotatable bonds is 4. The fraction of sp³-hybridized carbons (Fsp3) is 0.250. The first-order valence-electron chi connectivity index (χ1n) is 6.82. The largest absolute Gasteiger partial charge is 0.269 e. The van der Waals surface area contributed by atoms with Crippen LogP contribution in [0.15, 0.2) is 48.5 Å². The fourth-order valence-corrected chi connectivity index (χ4v) is 4.46. The van der Waals surface area contributed by atoms with E-state index in [1.54, 1.807) is 0 Å². The summed E-state index contributed by atoms with van der Waals surface area (Å²) in [5.41, 5.74) is 3.62. The minimum Gasteiger partial charge on any atom is -0.269 e. The topological polar surface area (TPSA) is 37.4 Å². The molecule has 0 atom stereocenters. The van der Waals surface area contributed by atoms with Crippen LogP contribution in [0.2, 0.25) is 0 Å². The van der Waals surface area contributed by atoms with E-state index in [0.717, 1.165) is 28.8 Å². The Morgan fingerprint density at radius 1 is 1.05 bits per heavy atom. The SMILES string of the molecule is O=S(=O)(Cc1cccc(CCl)c1)N1CCc2ccccc21. The van der Waals surface area contributed by atoms with Gasteiger partial charge in [0, 0.05) is 12.4 Å². The number of fused-ring (bicyclic) bond motifs is 1. The minimum atomic E-state index is -3.36. The van der Waals surface area contributed by atoms with E-state index in [1.807, 2.05) is 48.5 Å². The molecule has 0 fully saturated rings. The van der Waals surface area contributed by atoms with E-state index < -0.39 is 10.0 Å². The number of benzene rings is 2. The third-order valence-corrected chi connectivity index (χ3v) is 5.73. The number of anilines is 1. The summed E-state index contributed by atoms with van der Waals surface area (Å²) in [6, 6.07) is 15.1. The molecule has 2 aromatic rings. The molecule has 0 radical (unpaired) electrons.